The first-order valence-corrected chi connectivity index (χ1v) is 12.5. The zero-order chi connectivity index (χ0) is 22.0. The minimum atomic E-state index is -3.14. The second-order valence-corrected chi connectivity index (χ2v) is 9.51. The molecule has 10 heteroatoms. The van der Waals surface area contributed by atoms with Crippen LogP contribution >= 0.6 is 24.0 Å². The fraction of sp³-hybridized carbons (Fsp3) is 0.667. The van der Waals surface area contributed by atoms with Gasteiger partial charge in [0.15, 0.2) is 5.96 Å². The summed E-state index contributed by atoms with van der Waals surface area (Å²) in [5.74, 6) is 1.59. The molecule has 1 aliphatic rings. The van der Waals surface area contributed by atoms with E-state index in [-0.39, 0.29) is 30.0 Å². The fourth-order valence-electron chi connectivity index (χ4n) is 3.79. The Morgan fingerprint density at radius 3 is 2.58 bits per heavy atom. The lowest BCUT2D eigenvalue weighted by Crippen LogP contribution is -2.43. The molecule has 178 valence electrons. The molecule has 1 heterocycles. The Kier molecular flexibility index (Phi) is 12.7. The molecule has 1 fully saturated rings. The van der Waals surface area contributed by atoms with Crippen LogP contribution in [0.25, 0.3) is 0 Å². The standard InChI is InChI=1S/C21H37N5O3S.HI/c1-5-26(30(4,27)28)15-9-12-23-21(22-2)24-17-20(25-13-6-7-14-25)18-10-8-11-19(16-18)29-3;/h8,10-11,16,20H,5-7,9,12-15,17H2,1-4H3,(H2,22,23,24);1H. The molecule has 1 atom stereocenters. The number of guanidine groups is 1. The number of halogens is 1. The Morgan fingerprint density at radius 1 is 1.29 bits per heavy atom. The third-order valence-corrected chi connectivity index (χ3v) is 6.82. The molecule has 0 aliphatic carbocycles. The highest BCUT2D eigenvalue weighted by Gasteiger charge is 2.24. The number of aliphatic imine (C=N–C) groups is 1. The highest BCUT2D eigenvalue weighted by Crippen LogP contribution is 2.27. The summed E-state index contributed by atoms with van der Waals surface area (Å²) in [6.07, 6.45) is 4.41. The summed E-state index contributed by atoms with van der Waals surface area (Å²) in [5.41, 5.74) is 1.23. The molecule has 1 aromatic carbocycles. The van der Waals surface area contributed by atoms with Gasteiger partial charge in [-0.05, 0) is 50.0 Å². The molecule has 2 rings (SSSR count). The van der Waals surface area contributed by atoms with Crippen LogP contribution in [-0.4, -0.2) is 83.3 Å². The number of methoxy groups -OCH3 is 1. The zero-order valence-electron chi connectivity index (χ0n) is 19.1. The first-order valence-electron chi connectivity index (χ1n) is 10.7. The fourth-order valence-corrected chi connectivity index (χ4v) is 4.72. The van der Waals surface area contributed by atoms with Crippen LogP contribution < -0.4 is 15.4 Å². The van der Waals surface area contributed by atoms with Gasteiger partial charge in [-0.1, -0.05) is 19.1 Å². The smallest absolute Gasteiger partial charge is 0.211 e. The van der Waals surface area contributed by atoms with Gasteiger partial charge < -0.3 is 15.4 Å². The van der Waals surface area contributed by atoms with E-state index in [0.717, 1.165) is 31.3 Å². The number of sulfonamides is 1. The Balaban J connectivity index is 0.00000480. The lowest BCUT2D eigenvalue weighted by Gasteiger charge is -2.29. The quantitative estimate of drug-likeness (QED) is 0.185. The molecule has 0 radical (unpaired) electrons. The maximum Gasteiger partial charge on any atom is 0.211 e. The summed E-state index contributed by atoms with van der Waals surface area (Å²) in [7, 11) is 0.298. The van der Waals surface area contributed by atoms with E-state index in [1.54, 1.807) is 14.2 Å². The highest BCUT2D eigenvalue weighted by molar-refractivity contribution is 14.0. The molecule has 0 spiro atoms. The first-order chi connectivity index (χ1) is 14.4. The van der Waals surface area contributed by atoms with Gasteiger partial charge in [-0.15, -0.1) is 24.0 Å². The number of nitrogens with one attached hydrogen (secondary N) is 2. The molecule has 0 saturated carbocycles. The van der Waals surface area contributed by atoms with E-state index in [0.29, 0.717) is 26.1 Å². The van der Waals surface area contributed by atoms with Crippen LogP contribution in [0, 0.1) is 0 Å². The maximum atomic E-state index is 11.7. The second kappa shape index (κ2) is 14.1. The van der Waals surface area contributed by atoms with Gasteiger partial charge in [0.25, 0.3) is 0 Å². The van der Waals surface area contributed by atoms with Crippen molar-refractivity contribution >= 4 is 40.0 Å². The van der Waals surface area contributed by atoms with Gasteiger partial charge in [0.05, 0.1) is 19.4 Å². The topological polar surface area (TPSA) is 86.3 Å². The normalized spacial score (nSPS) is 16.1. The molecule has 0 bridgehead atoms. The largest absolute Gasteiger partial charge is 0.497 e. The Hall–Kier alpha value is -1.11. The molecule has 0 amide bonds. The van der Waals surface area contributed by atoms with Gasteiger partial charge in [0.2, 0.25) is 10.0 Å². The number of benzene rings is 1. The molecular formula is C21H38IN5O3S. The Labute approximate surface area is 204 Å². The van der Waals surface area contributed by atoms with E-state index < -0.39 is 10.0 Å². The molecule has 0 aromatic heterocycles. The lowest BCUT2D eigenvalue weighted by molar-refractivity contribution is 0.245. The van der Waals surface area contributed by atoms with E-state index in [1.165, 1.54) is 29.0 Å². The van der Waals surface area contributed by atoms with Gasteiger partial charge in [0.1, 0.15) is 5.75 Å². The van der Waals surface area contributed by atoms with Crippen LogP contribution in [0.5, 0.6) is 5.75 Å². The SMILES string of the molecule is CCN(CCCNC(=NC)NCC(c1cccc(OC)c1)N1CCCC1)S(C)(=O)=O.I. The van der Waals surface area contributed by atoms with Gasteiger partial charge in [0, 0.05) is 33.2 Å². The predicted molar refractivity (Wildman–Crippen MR) is 138 cm³/mol. The van der Waals surface area contributed by atoms with Crippen LogP contribution in [0.4, 0.5) is 0 Å². The van der Waals surface area contributed by atoms with Gasteiger partial charge in [-0.25, -0.2) is 12.7 Å². The van der Waals surface area contributed by atoms with E-state index in [1.807, 2.05) is 19.1 Å². The van der Waals surface area contributed by atoms with Crippen LogP contribution in [0.1, 0.15) is 37.8 Å². The molecule has 1 saturated heterocycles. The number of hydrogen-bond acceptors (Lipinski definition) is 5. The van der Waals surface area contributed by atoms with Gasteiger partial charge in [-0.2, -0.15) is 0 Å². The summed E-state index contributed by atoms with van der Waals surface area (Å²) < 4.78 is 30.3. The van der Waals surface area contributed by atoms with Gasteiger partial charge >= 0.3 is 0 Å². The number of ether oxygens (including phenoxy) is 1. The number of nitrogens with zero attached hydrogens (tertiary/aromatic N) is 3. The Bertz CT molecular complexity index is 785. The third kappa shape index (κ3) is 9.11. The Morgan fingerprint density at radius 2 is 2.00 bits per heavy atom. The molecule has 1 aliphatic heterocycles. The van der Waals surface area contributed by atoms with E-state index in [4.69, 9.17) is 4.74 Å². The summed E-state index contributed by atoms with van der Waals surface area (Å²) in [5, 5.41) is 6.73. The van der Waals surface area contributed by atoms with E-state index >= 15 is 0 Å². The average Bonchev–Trinajstić information content (AvgIpc) is 3.26. The summed E-state index contributed by atoms with van der Waals surface area (Å²) in [6, 6.07) is 8.49. The highest BCUT2D eigenvalue weighted by atomic mass is 127. The first kappa shape index (κ1) is 27.9. The maximum absolute atomic E-state index is 11.7. The predicted octanol–water partition coefficient (Wildman–Crippen LogP) is 2.29. The van der Waals surface area contributed by atoms with Crippen molar-refractivity contribution < 1.29 is 13.2 Å². The van der Waals surface area contributed by atoms with Gasteiger partial charge in [-0.3, -0.25) is 9.89 Å². The van der Waals surface area contributed by atoms with Crippen molar-refractivity contribution in [3.05, 3.63) is 29.8 Å². The van der Waals surface area contributed by atoms with Crippen molar-refractivity contribution in [2.24, 2.45) is 4.99 Å². The van der Waals surface area contributed by atoms with Crippen molar-refractivity contribution in [1.82, 2.24) is 19.8 Å². The molecule has 1 aromatic rings. The average molecular weight is 568 g/mol. The summed E-state index contributed by atoms with van der Waals surface area (Å²) >= 11 is 0. The molecule has 1 unspecified atom stereocenters. The van der Waals surface area contributed by atoms with Crippen LogP contribution in [-0.2, 0) is 10.0 Å². The second-order valence-electron chi connectivity index (χ2n) is 7.52. The number of rotatable bonds is 11. The molecule has 2 N–H and O–H groups in total. The van der Waals surface area contributed by atoms with E-state index in [9.17, 15) is 8.42 Å². The molecule has 31 heavy (non-hydrogen) atoms. The van der Waals surface area contributed by atoms with Crippen LogP contribution in [0.2, 0.25) is 0 Å². The summed E-state index contributed by atoms with van der Waals surface area (Å²) in [6.45, 7) is 6.41. The van der Waals surface area contributed by atoms with Crippen LogP contribution in [0.3, 0.4) is 0 Å². The van der Waals surface area contributed by atoms with E-state index in [2.05, 4.69) is 32.7 Å². The zero-order valence-corrected chi connectivity index (χ0v) is 22.3. The third-order valence-electron chi connectivity index (χ3n) is 5.44. The minimum absolute atomic E-state index is 0. The van der Waals surface area contributed by atoms with Crippen molar-refractivity contribution in [3.63, 3.8) is 0 Å². The van der Waals surface area contributed by atoms with Crippen molar-refractivity contribution in [1.29, 1.82) is 0 Å². The lowest BCUT2D eigenvalue weighted by atomic mass is 10.1. The number of likely N-dealkylation sites (tertiary alicyclic amines) is 1. The van der Waals surface area contributed by atoms with Crippen LogP contribution in [0.15, 0.2) is 29.3 Å². The number of hydrogen-bond donors (Lipinski definition) is 2. The summed E-state index contributed by atoms with van der Waals surface area (Å²) in [4.78, 5) is 6.82. The van der Waals surface area contributed by atoms with Crippen molar-refractivity contribution in [2.75, 3.05) is 59.7 Å². The molecule has 8 nitrogen and oxygen atoms in total. The monoisotopic (exact) mass is 567 g/mol. The minimum Gasteiger partial charge on any atom is -0.497 e. The van der Waals surface area contributed by atoms with Crippen molar-refractivity contribution in [3.8, 4) is 5.75 Å². The van der Waals surface area contributed by atoms with Crippen molar-refractivity contribution in [2.45, 2.75) is 32.2 Å². The molecular weight excluding hydrogens is 529 g/mol.